The lowest BCUT2D eigenvalue weighted by Crippen LogP contribution is -2.13. The summed E-state index contributed by atoms with van der Waals surface area (Å²) in [4.78, 5) is 12.9. The molecular weight excluding hydrogens is 228 g/mol. The summed E-state index contributed by atoms with van der Waals surface area (Å²) in [6.45, 7) is 1.48. The maximum Gasteiger partial charge on any atom is 0.373 e. The molecule has 0 amide bonds. The van der Waals surface area contributed by atoms with Gasteiger partial charge in [0.15, 0.2) is 0 Å². The molecule has 2 aromatic rings. The lowest BCUT2D eigenvalue weighted by atomic mass is 10.3. The molecule has 92 valence electrons. The Morgan fingerprint density at radius 3 is 2.59 bits per heavy atom. The van der Waals surface area contributed by atoms with Crippen LogP contribution in [0.5, 0.6) is 0 Å². The van der Waals surface area contributed by atoms with Gasteiger partial charge in [0.1, 0.15) is 0 Å². The summed E-state index contributed by atoms with van der Waals surface area (Å²) in [7, 11) is 0. The number of H-pyrrole nitrogens is 1. The van der Waals surface area contributed by atoms with E-state index in [9.17, 15) is 13.6 Å². The van der Waals surface area contributed by atoms with Crippen molar-refractivity contribution in [3.8, 4) is 0 Å². The first-order valence-electron chi connectivity index (χ1n) is 5.12. The number of hydrogen-bond donors (Lipinski definition) is 1. The van der Waals surface area contributed by atoms with Gasteiger partial charge in [-0.2, -0.15) is 8.78 Å². The molecule has 1 heterocycles. The predicted molar refractivity (Wildman–Crippen MR) is 60.9 cm³/mol. The van der Waals surface area contributed by atoms with Crippen molar-refractivity contribution in [1.82, 2.24) is 4.98 Å². The number of esters is 1. The van der Waals surface area contributed by atoms with Crippen LogP contribution in [-0.4, -0.2) is 24.0 Å². The number of para-hydroxylation sites is 1. The van der Waals surface area contributed by atoms with Crippen LogP contribution in [-0.2, 0) is 9.53 Å². The number of hydrogen-bond acceptors (Lipinski definition) is 2. The largest absolute Gasteiger partial charge is 0.462 e. The van der Waals surface area contributed by atoms with E-state index in [0.717, 1.165) is 0 Å². The van der Waals surface area contributed by atoms with Crippen LogP contribution < -0.4 is 0 Å². The van der Waals surface area contributed by atoms with Gasteiger partial charge in [-0.1, -0.05) is 18.2 Å². The molecule has 17 heavy (non-hydrogen) atoms. The molecule has 5 heteroatoms. The maximum absolute atomic E-state index is 11.1. The van der Waals surface area contributed by atoms with Gasteiger partial charge in [-0.15, -0.1) is 0 Å². The Morgan fingerprint density at radius 2 is 2.06 bits per heavy atom. The second-order valence-corrected chi connectivity index (χ2v) is 3.12. The van der Waals surface area contributed by atoms with Crippen LogP contribution >= 0.6 is 0 Å². The summed E-state index contributed by atoms with van der Waals surface area (Å²) < 4.78 is 26.2. The fraction of sp³-hybridized carbons (Fsp3) is 0.250. The van der Waals surface area contributed by atoms with Crippen LogP contribution in [0.15, 0.2) is 36.5 Å². The first-order valence-corrected chi connectivity index (χ1v) is 5.12. The number of carbonyl (C=O) groups excluding carboxylic acids is 1. The van der Waals surface area contributed by atoms with Crippen LogP contribution in [0.1, 0.15) is 6.92 Å². The molecule has 2 rings (SSSR count). The Balaban J connectivity index is 0.000000172. The van der Waals surface area contributed by atoms with E-state index in [1.165, 1.54) is 17.8 Å². The van der Waals surface area contributed by atoms with Crippen molar-refractivity contribution < 1.29 is 18.3 Å². The van der Waals surface area contributed by atoms with E-state index in [2.05, 4.69) is 27.9 Å². The first-order chi connectivity index (χ1) is 8.15. The summed E-state index contributed by atoms with van der Waals surface area (Å²) in [5.74, 6) is -1.45. The minimum absolute atomic E-state index is 0.00315. The average Bonchev–Trinajstić information content (AvgIpc) is 2.78. The second-order valence-electron chi connectivity index (χ2n) is 3.12. The van der Waals surface area contributed by atoms with Gasteiger partial charge in [0.25, 0.3) is 0 Å². The standard InChI is InChI=1S/C8H7N.C4H6F2O2/c1-2-4-8-7(3-1)5-6-9-8;1-2-8-4(7)3(5)6/h1-6,9H;3H,2H2,1H3. The minimum Gasteiger partial charge on any atom is -0.462 e. The van der Waals surface area contributed by atoms with E-state index in [1.807, 2.05) is 18.3 Å². The van der Waals surface area contributed by atoms with E-state index < -0.39 is 12.4 Å². The Morgan fingerprint density at radius 1 is 1.35 bits per heavy atom. The Bertz CT molecular complexity index is 438. The van der Waals surface area contributed by atoms with E-state index in [4.69, 9.17) is 0 Å². The number of carbonyl (C=O) groups is 1. The summed E-state index contributed by atoms with van der Waals surface area (Å²) in [5.41, 5.74) is 1.21. The molecule has 0 saturated heterocycles. The fourth-order valence-electron chi connectivity index (χ4n) is 1.20. The van der Waals surface area contributed by atoms with Crippen molar-refractivity contribution >= 4 is 16.9 Å². The third kappa shape index (κ3) is 4.22. The highest BCUT2D eigenvalue weighted by Crippen LogP contribution is 2.09. The van der Waals surface area contributed by atoms with Crippen LogP contribution in [0.25, 0.3) is 10.9 Å². The Kier molecular flexibility index (Phi) is 5.13. The van der Waals surface area contributed by atoms with Gasteiger partial charge in [-0.3, -0.25) is 0 Å². The third-order valence-electron chi connectivity index (χ3n) is 1.93. The number of nitrogens with one attached hydrogen (secondary N) is 1. The topological polar surface area (TPSA) is 42.1 Å². The number of fused-ring (bicyclic) bond motifs is 1. The van der Waals surface area contributed by atoms with Crippen LogP contribution in [0.3, 0.4) is 0 Å². The number of aromatic nitrogens is 1. The van der Waals surface area contributed by atoms with E-state index in [0.29, 0.717) is 0 Å². The van der Waals surface area contributed by atoms with Crippen LogP contribution in [0.4, 0.5) is 8.78 Å². The summed E-state index contributed by atoms with van der Waals surface area (Å²) >= 11 is 0. The second kappa shape index (κ2) is 6.62. The number of halogens is 2. The molecule has 1 N–H and O–H groups in total. The minimum atomic E-state index is -2.99. The zero-order valence-corrected chi connectivity index (χ0v) is 9.32. The molecule has 0 unspecified atom stereocenters. The highest BCUT2D eigenvalue weighted by atomic mass is 19.3. The van der Waals surface area contributed by atoms with Crippen molar-refractivity contribution in [3.63, 3.8) is 0 Å². The van der Waals surface area contributed by atoms with Crippen molar-refractivity contribution in [1.29, 1.82) is 0 Å². The molecule has 0 spiro atoms. The highest BCUT2D eigenvalue weighted by molar-refractivity contribution is 5.78. The molecule has 0 aliphatic heterocycles. The lowest BCUT2D eigenvalue weighted by molar-refractivity contribution is -0.155. The van der Waals surface area contributed by atoms with Gasteiger partial charge in [-0.05, 0) is 24.4 Å². The molecule has 0 radical (unpaired) electrons. The third-order valence-corrected chi connectivity index (χ3v) is 1.93. The molecule has 1 aromatic carbocycles. The molecule has 3 nitrogen and oxygen atoms in total. The highest BCUT2D eigenvalue weighted by Gasteiger charge is 2.14. The number of aromatic amines is 1. The predicted octanol–water partition coefficient (Wildman–Crippen LogP) is 2.98. The van der Waals surface area contributed by atoms with Crippen molar-refractivity contribution in [2.75, 3.05) is 6.61 Å². The molecular formula is C12H13F2NO2. The van der Waals surface area contributed by atoms with Crippen LogP contribution in [0, 0.1) is 0 Å². The smallest absolute Gasteiger partial charge is 0.373 e. The van der Waals surface area contributed by atoms with Gasteiger partial charge in [-0.25, -0.2) is 4.79 Å². The zero-order valence-electron chi connectivity index (χ0n) is 9.32. The summed E-state index contributed by atoms with van der Waals surface area (Å²) in [5, 5.41) is 1.28. The number of ether oxygens (including phenoxy) is 1. The maximum atomic E-state index is 11.1. The summed E-state index contributed by atoms with van der Waals surface area (Å²) in [6.07, 6.45) is -1.04. The van der Waals surface area contributed by atoms with Gasteiger partial charge < -0.3 is 9.72 Å². The quantitative estimate of drug-likeness (QED) is 0.821. The Labute approximate surface area is 97.4 Å². The van der Waals surface area contributed by atoms with E-state index in [-0.39, 0.29) is 6.61 Å². The SMILES string of the molecule is CCOC(=O)C(F)F.c1ccc2[nH]ccc2c1. The number of benzene rings is 1. The number of rotatable bonds is 2. The molecule has 0 aliphatic carbocycles. The zero-order chi connectivity index (χ0) is 12.7. The molecule has 0 fully saturated rings. The Hall–Kier alpha value is -1.91. The molecule has 0 saturated carbocycles. The summed E-state index contributed by atoms with van der Waals surface area (Å²) in [6, 6.07) is 10.3. The molecule has 0 atom stereocenters. The average molecular weight is 241 g/mol. The normalized spacial score (nSPS) is 9.88. The lowest BCUT2D eigenvalue weighted by Gasteiger charge is -1.96. The monoisotopic (exact) mass is 241 g/mol. The van der Waals surface area contributed by atoms with Gasteiger partial charge >= 0.3 is 12.4 Å². The van der Waals surface area contributed by atoms with Crippen molar-refractivity contribution in [3.05, 3.63) is 36.5 Å². The fourth-order valence-corrected chi connectivity index (χ4v) is 1.20. The van der Waals surface area contributed by atoms with Crippen molar-refractivity contribution in [2.45, 2.75) is 13.3 Å². The molecule has 0 aliphatic rings. The van der Waals surface area contributed by atoms with Gasteiger partial charge in [0.05, 0.1) is 6.61 Å². The van der Waals surface area contributed by atoms with Gasteiger partial charge in [0.2, 0.25) is 0 Å². The van der Waals surface area contributed by atoms with Crippen LogP contribution in [0.2, 0.25) is 0 Å². The van der Waals surface area contributed by atoms with E-state index >= 15 is 0 Å². The first kappa shape index (κ1) is 13.2. The molecule has 1 aromatic heterocycles. The number of alkyl halides is 2. The molecule has 0 bridgehead atoms. The van der Waals surface area contributed by atoms with Crippen molar-refractivity contribution in [2.24, 2.45) is 0 Å². The van der Waals surface area contributed by atoms with Gasteiger partial charge in [0, 0.05) is 11.7 Å². The van der Waals surface area contributed by atoms with E-state index in [1.54, 1.807) is 0 Å².